The van der Waals surface area contributed by atoms with Crippen molar-refractivity contribution in [3.05, 3.63) is 18.2 Å². The van der Waals surface area contributed by atoms with E-state index in [1.807, 2.05) is 14.1 Å². The fraction of sp³-hybridized carbons (Fsp3) is 0.333. The first-order valence-electron chi connectivity index (χ1n) is 5.62. The smallest absolute Gasteiger partial charge is 0.297 e. The molecule has 1 heterocycles. The van der Waals surface area contributed by atoms with Crippen molar-refractivity contribution in [3.8, 4) is 0 Å². The van der Waals surface area contributed by atoms with E-state index in [1.165, 1.54) is 0 Å². The molecule has 0 bridgehead atoms. The van der Waals surface area contributed by atoms with Gasteiger partial charge in [-0.2, -0.15) is 4.98 Å². The maximum absolute atomic E-state index is 11.4. The third kappa shape index (κ3) is 3.59. The molecule has 7 heteroatoms. The predicted molar refractivity (Wildman–Crippen MR) is 78.1 cm³/mol. The molecule has 1 aromatic heterocycles. The number of hydrogen-bond acceptors (Lipinski definition) is 5. The van der Waals surface area contributed by atoms with Gasteiger partial charge in [0.1, 0.15) is 5.52 Å². The van der Waals surface area contributed by atoms with Crippen LogP contribution < -0.4 is 15.5 Å². The van der Waals surface area contributed by atoms with E-state index < -0.39 is 0 Å². The number of likely N-dealkylation sites (N-methyl/N-ethyl adjacent to an activating group) is 1. The number of hydrogen-bond donors (Lipinski definition) is 2. The van der Waals surface area contributed by atoms with Crippen LogP contribution in [0.5, 0.6) is 0 Å². The number of nitrogens with zero attached hydrogens (tertiary/aromatic N) is 2. The quantitative estimate of drug-likeness (QED) is 0.890. The lowest BCUT2D eigenvalue weighted by Crippen LogP contribution is -2.24. The highest BCUT2D eigenvalue weighted by atomic mass is 35.5. The molecule has 104 valence electrons. The van der Waals surface area contributed by atoms with Gasteiger partial charge in [-0.25, -0.2) is 0 Å². The van der Waals surface area contributed by atoms with E-state index in [2.05, 4.69) is 15.6 Å². The Labute approximate surface area is 117 Å². The number of halogens is 1. The Morgan fingerprint density at radius 3 is 2.79 bits per heavy atom. The van der Waals surface area contributed by atoms with E-state index in [-0.39, 0.29) is 24.9 Å². The predicted octanol–water partition coefficient (Wildman–Crippen LogP) is 1.47. The molecule has 0 unspecified atom stereocenters. The first-order valence-corrected chi connectivity index (χ1v) is 5.62. The Morgan fingerprint density at radius 2 is 2.16 bits per heavy atom. The summed E-state index contributed by atoms with van der Waals surface area (Å²) >= 11 is 0. The Morgan fingerprint density at radius 1 is 1.42 bits per heavy atom. The summed E-state index contributed by atoms with van der Waals surface area (Å²) in [6, 6.07) is 5.92. The molecule has 0 saturated carbocycles. The molecule has 2 N–H and O–H groups in total. The van der Waals surface area contributed by atoms with E-state index in [1.54, 1.807) is 30.1 Å². The normalized spacial score (nSPS) is 10.1. The average Bonchev–Trinajstić information content (AvgIpc) is 2.72. The van der Waals surface area contributed by atoms with Gasteiger partial charge >= 0.3 is 0 Å². The summed E-state index contributed by atoms with van der Waals surface area (Å²) < 4.78 is 5.53. The summed E-state index contributed by atoms with van der Waals surface area (Å²) in [7, 11) is 5.45. The molecule has 0 aliphatic heterocycles. The number of nitrogens with one attached hydrogen (secondary N) is 2. The van der Waals surface area contributed by atoms with Crippen LogP contribution in [0.1, 0.15) is 0 Å². The van der Waals surface area contributed by atoms with Gasteiger partial charge in [-0.1, -0.05) is 0 Å². The SMILES string of the molecule is CNCC(=O)Nc1ccc2oc(N(C)C)nc2c1.Cl. The zero-order valence-electron chi connectivity index (χ0n) is 11.1. The molecule has 1 amide bonds. The van der Waals surface area contributed by atoms with Crippen molar-refractivity contribution >= 4 is 41.1 Å². The van der Waals surface area contributed by atoms with Crippen LogP contribution in [0.15, 0.2) is 22.6 Å². The number of aromatic nitrogens is 1. The van der Waals surface area contributed by atoms with Crippen molar-refractivity contribution < 1.29 is 9.21 Å². The molecule has 19 heavy (non-hydrogen) atoms. The first kappa shape index (κ1) is 15.3. The molecular weight excluding hydrogens is 268 g/mol. The fourth-order valence-electron chi connectivity index (χ4n) is 1.55. The molecule has 0 radical (unpaired) electrons. The van der Waals surface area contributed by atoms with E-state index in [9.17, 15) is 4.79 Å². The van der Waals surface area contributed by atoms with E-state index >= 15 is 0 Å². The standard InChI is InChI=1S/C12H16N4O2.ClH/c1-13-7-11(17)14-8-4-5-10-9(6-8)15-12(18-10)16(2)3;/h4-6,13H,7H2,1-3H3,(H,14,17);1H. The van der Waals surface area contributed by atoms with Crippen LogP contribution >= 0.6 is 12.4 Å². The fourth-order valence-corrected chi connectivity index (χ4v) is 1.55. The Bertz CT molecular complexity index is 568. The molecule has 0 saturated heterocycles. The highest BCUT2D eigenvalue weighted by Gasteiger charge is 2.08. The van der Waals surface area contributed by atoms with Gasteiger partial charge in [-0.15, -0.1) is 12.4 Å². The van der Waals surface area contributed by atoms with Crippen LogP contribution in [0.4, 0.5) is 11.7 Å². The lowest BCUT2D eigenvalue weighted by Gasteiger charge is -2.03. The largest absolute Gasteiger partial charge is 0.423 e. The third-order valence-corrected chi connectivity index (χ3v) is 2.38. The monoisotopic (exact) mass is 284 g/mol. The number of amides is 1. The molecule has 0 spiro atoms. The highest BCUT2D eigenvalue weighted by Crippen LogP contribution is 2.23. The first-order chi connectivity index (χ1) is 8.60. The van der Waals surface area contributed by atoms with Crippen LogP contribution in [0.3, 0.4) is 0 Å². The minimum absolute atomic E-state index is 0. The van der Waals surface area contributed by atoms with Crippen molar-refractivity contribution in [2.45, 2.75) is 0 Å². The maximum atomic E-state index is 11.4. The van der Waals surface area contributed by atoms with Gasteiger partial charge in [-0.3, -0.25) is 4.79 Å². The summed E-state index contributed by atoms with van der Waals surface area (Å²) in [5, 5.41) is 5.57. The number of rotatable bonds is 4. The van der Waals surface area contributed by atoms with Crippen molar-refractivity contribution in [1.82, 2.24) is 10.3 Å². The molecule has 0 fully saturated rings. The third-order valence-electron chi connectivity index (χ3n) is 2.38. The van der Waals surface area contributed by atoms with Crippen LogP contribution in [-0.4, -0.2) is 38.6 Å². The Hall–Kier alpha value is -1.79. The Kier molecular flexibility index (Phi) is 5.14. The molecule has 6 nitrogen and oxygen atoms in total. The van der Waals surface area contributed by atoms with Gasteiger partial charge in [-0.05, 0) is 25.2 Å². The van der Waals surface area contributed by atoms with Crippen molar-refractivity contribution in [1.29, 1.82) is 0 Å². The molecule has 0 aliphatic carbocycles. The summed E-state index contributed by atoms with van der Waals surface area (Å²) in [4.78, 5) is 17.5. The minimum Gasteiger partial charge on any atom is -0.423 e. The number of benzene rings is 1. The summed E-state index contributed by atoms with van der Waals surface area (Å²) in [5.74, 6) is -0.0897. The van der Waals surface area contributed by atoms with Gasteiger partial charge in [0.05, 0.1) is 6.54 Å². The second kappa shape index (κ2) is 6.40. The average molecular weight is 285 g/mol. The second-order valence-electron chi connectivity index (χ2n) is 4.15. The lowest BCUT2D eigenvalue weighted by atomic mass is 10.3. The van der Waals surface area contributed by atoms with E-state index in [4.69, 9.17) is 4.42 Å². The van der Waals surface area contributed by atoms with Gasteiger partial charge in [0.15, 0.2) is 5.58 Å². The van der Waals surface area contributed by atoms with Crippen LogP contribution in [0.25, 0.3) is 11.1 Å². The lowest BCUT2D eigenvalue weighted by molar-refractivity contribution is -0.115. The van der Waals surface area contributed by atoms with Gasteiger partial charge in [0.2, 0.25) is 5.91 Å². The summed E-state index contributed by atoms with van der Waals surface area (Å²) in [5.41, 5.74) is 2.13. The van der Waals surface area contributed by atoms with E-state index in [0.717, 1.165) is 5.52 Å². The van der Waals surface area contributed by atoms with E-state index in [0.29, 0.717) is 17.3 Å². The summed E-state index contributed by atoms with van der Waals surface area (Å²) in [6.45, 7) is 0.278. The molecule has 1 aromatic carbocycles. The van der Waals surface area contributed by atoms with Crippen LogP contribution in [-0.2, 0) is 4.79 Å². The van der Waals surface area contributed by atoms with Crippen LogP contribution in [0, 0.1) is 0 Å². The molecule has 0 atom stereocenters. The topological polar surface area (TPSA) is 70.4 Å². The number of carbonyl (C=O) groups excluding carboxylic acids is 1. The van der Waals surface area contributed by atoms with Gasteiger partial charge in [0, 0.05) is 19.8 Å². The molecule has 2 aromatic rings. The zero-order valence-corrected chi connectivity index (χ0v) is 11.9. The zero-order chi connectivity index (χ0) is 13.1. The van der Waals surface area contributed by atoms with Crippen molar-refractivity contribution in [2.24, 2.45) is 0 Å². The number of fused-ring (bicyclic) bond motifs is 1. The van der Waals surface area contributed by atoms with Gasteiger partial charge in [0.25, 0.3) is 6.01 Å². The Balaban J connectivity index is 0.00000180. The molecule has 2 rings (SSSR count). The van der Waals surface area contributed by atoms with Crippen molar-refractivity contribution in [3.63, 3.8) is 0 Å². The highest BCUT2D eigenvalue weighted by molar-refractivity contribution is 5.94. The number of oxazole rings is 1. The number of carbonyl (C=O) groups is 1. The van der Waals surface area contributed by atoms with Crippen molar-refractivity contribution in [2.75, 3.05) is 37.9 Å². The van der Waals surface area contributed by atoms with Gasteiger partial charge < -0.3 is 20.0 Å². The summed E-state index contributed by atoms with van der Waals surface area (Å²) in [6.07, 6.45) is 0. The maximum Gasteiger partial charge on any atom is 0.297 e. The number of anilines is 2. The minimum atomic E-state index is -0.0897. The molecule has 0 aliphatic rings. The second-order valence-corrected chi connectivity index (χ2v) is 4.15. The van der Waals surface area contributed by atoms with Crippen LogP contribution in [0.2, 0.25) is 0 Å². The molecular formula is C12H17ClN4O2.